The van der Waals surface area contributed by atoms with Gasteiger partial charge in [-0.2, -0.15) is 57.1 Å². The monoisotopic (exact) mass is 366 g/mol. The highest BCUT2D eigenvalue weighted by Gasteiger charge is 2.91. The van der Waals surface area contributed by atoms with Crippen molar-refractivity contribution in [3.05, 3.63) is 12.1 Å². The summed E-state index contributed by atoms with van der Waals surface area (Å²) in [7, 11) is 0. The molecule has 0 aromatic rings. The van der Waals surface area contributed by atoms with Gasteiger partial charge in [0, 0.05) is 0 Å². The lowest BCUT2D eigenvalue weighted by Gasteiger charge is -2.38. The van der Waals surface area contributed by atoms with Crippen molar-refractivity contribution in [1.82, 2.24) is 0 Å². The summed E-state index contributed by atoms with van der Waals surface area (Å²) in [5.41, 5.74) is -7.89. The van der Waals surface area contributed by atoms with Crippen LogP contribution in [0.1, 0.15) is 0 Å². The van der Waals surface area contributed by atoms with E-state index in [1.165, 1.54) is 0 Å². The van der Waals surface area contributed by atoms with Crippen molar-refractivity contribution in [2.45, 2.75) is 30.1 Å². The number of ether oxygens (including phenoxy) is 1. The summed E-state index contributed by atoms with van der Waals surface area (Å²) in [6, 6.07) is -3.98. The fraction of sp³-hybridized carbons (Fsp3) is 0.714. The van der Waals surface area contributed by atoms with E-state index in [2.05, 4.69) is 0 Å². The fourth-order valence-corrected chi connectivity index (χ4v) is 0.943. The molecule has 0 aliphatic carbocycles. The van der Waals surface area contributed by atoms with Crippen molar-refractivity contribution < 1.29 is 66.2 Å². The molecule has 1 nitrogen and oxygen atoms in total. The van der Waals surface area contributed by atoms with Crippen molar-refractivity contribution in [3.63, 3.8) is 0 Å². The summed E-state index contributed by atoms with van der Waals surface area (Å²) < 4.78 is 171. The average molecular weight is 366 g/mol. The highest BCUT2D eigenvalue weighted by atomic mass is 19.4. The topological polar surface area (TPSA) is 9.23 Å². The minimum absolute atomic E-state index is 1.73. The van der Waals surface area contributed by atoms with Crippen LogP contribution in [0.5, 0.6) is 0 Å². The molecule has 0 N–H and O–H groups in total. The molecule has 132 valence electrons. The van der Waals surface area contributed by atoms with Crippen molar-refractivity contribution in [3.8, 4) is 0 Å². The van der Waals surface area contributed by atoms with Crippen molar-refractivity contribution in [1.29, 1.82) is 0 Å². The van der Waals surface area contributed by atoms with Crippen LogP contribution < -0.4 is 0 Å². The van der Waals surface area contributed by atoms with E-state index in [4.69, 9.17) is 0 Å². The van der Waals surface area contributed by atoms with Crippen molar-refractivity contribution in [2.24, 2.45) is 0 Å². The quantitative estimate of drug-likeness (QED) is 0.497. The Labute approximate surface area is 110 Å². The minimum Gasteiger partial charge on any atom is -0.399 e. The molecule has 0 fully saturated rings. The predicted molar refractivity (Wildman–Crippen MR) is 37.3 cm³/mol. The van der Waals surface area contributed by atoms with Gasteiger partial charge in [-0.05, 0) is 0 Å². The zero-order chi connectivity index (χ0) is 18.4. The van der Waals surface area contributed by atoms with Gasteiger partial charge < -0.3 is 4.74 Å². The van der Waals surface area contributed by atoms with Gasteiger partial charge in [0.05, 0.1) is 0 Å². The van der Waals surface area contributed by atoms with Crippen LogP contribution in [0.3, 0.4) is 0 Å². The molecule has 0 amide bonds. The molecule has 0 saturated carbocycles. The molecule has 0 aliphatic heterocycles. The molecule has 0 aliphatic rings. The van der Waals surface area contributed by atoms with Crippen LogP contribution in [-0.2, 0) is 4.74 Å². The Hall–Kier alpha value is -1.44. The highest BCUT2D eigenvalue weighted by molar-refractivity contribution is 5.10. The molecule has 1 atom stereocenters. The Morgan fingerprint density at radius 2 is 0.955 bits per heavy atom. The molecule has 0 spiro atoms. The third-order valence-electron chi connectivity index (χ3n) is 1.95. The van der Waals surface area contributed by atoms with Crippen LogP contribution in [0.15, 0.2) is 12.1 Å². The number of alkyl halides is 11. The third kappa shape index (κ3) is 3.02. The van der Waals surface area contributed by atoms with Gasteiger partial charge in [-0.1, -0.05) is 0 Å². The molecule has 0 rings (SSSR count). The van der Waals surface area contributed by atoms with E-state index < -0.39 is 42.1 Å². The maximum Gasteiger partial charge on any atom is 0.457 e. The number of hydrogen-bond acceptors (Lipinski definition) is 1. The molecule has 0 aromatic heterocycles. The van der Waals surface area contributed by atoms with E-state index in [-0.39, 0.29) is 0 Å². The van der Waals surface area contributed by atoms with E-state index in [1.807, 2.05) is 0 Å². The van der Waals surface area contributed by atoms with E-state index >= 15 is 0 Å². The van der Waals surface area contributed by atoms with Crippen LogP contribution >= 0.6 is 0 Å². The molecule has 0 heterocycles. The molecule has 22 heavy (non-hydrogen) atoms. The first-order valence-electron chi connectivity index (χ1n) is 4.30. The zero-order valence-corrected chi connectivity index (χ0v) is 9.20. The minimum atomic E-state index is -7.89. The lowest BCUT2D eigenvalue weighted by Crippen LogP contribution is -2.71. The molecule has 0 aromatic carbocycles. The van der Waals surface area contributed by atoms with E-state index in [0.717, 1.165) is 0 Å². The third-order valence-corrected chi connectivity index (χ3v) is 1.95. The molecule has 0 radical (unpaired) electrons. The second-order valence-corrected chi connectivity index (χ2v) is 3.38. The first-order valence-corrected chi connectivity index (χ1v) is 4.30. The first kappa shape index (κ1) is 20.6. The summed E-state index contributed by atoms with van der Waals surface area (Å²) >= 11 is 0. The number of hydrogen-bond donors (Lipinski definition) is 0. The largest absolute Gasteiger partial charge is 0.457 e. The van der Waals surface area contributed by atoms with Crippen LogP contribution in [0.25, 0.3) is 0 Å². The molecule has 15 heteroatoms. The summed E-state index contributed by atoms with van der Waals surface area (Å²) in [6.45, 7) is 0. The standard InChI is InChI=1S/C7F14O/c8-1(9)2(10)22-7(20,21)3(11,5(14,15)16)4(12,13)6(17,18)19. The highest BCUT2D eigenvalue weighted by Crippen LogP contribution is 2.59. The van der Waals surface area contributed by atoms with Gasteiger partial charge in [0.1, 0.15) is 0 Å². The SMILES string of the molecule is FC(F)=C(F)OC(F)(F)C(F)(C(F)(F)F)C(F)(F)C(F)(F)F. The van der Waals surface area contributed by atoms with Crippen LogP contribution in [0.2, 0.25) is 0 Å². The summed E-state index contributed by atoms with van der Waals surface area (Å²) in [5, 5.41) is 0. The van der Waals surface area contributed by atoms with Gasteiger partial charge >= 0.3 is 42.1 Å². The Morgan fingerprint density at radius 3 is 1.18 bits per heavy atom. The average Bonchev–Trinajstić information content (AvgIpc) is 2.23. The lowest BCUT2D eigenvalue weighted by molar-refractivity contribution is -0.461. The molecule has 0 bridgehead atoms. The number of halogens is 14. The summed E-state index contributed by atoms with van der Waals surface area (Å²) in [6.07, 6.45) is -26.6. The number of rotatable bonds is 4. The van der Waals surface area contributed by atoms with E-state index in [1.54, 1.807) is 4.74 Å². The maximum atomic E-state index is 13.1. The maximum absolute atomic E-state index is 13.1. The smallest absolute Gasteiger partial charge is 0.399 e. The van der Waals surface area contributed by atoms with Gasteiger partial charge in [-0.25, -0.2) is 4.39 Å². The van der Waals surface area contributed by atoms with Gasteiger partial charge in [-0.3, -0.25) is 0 Å². The second-order valence-electron chi connectivity index (χ2n) is 3.38. The molecule has 1 unspecified atom stereocenters. The van der Waals surface area contributed by atoms with Gasteiger partial charge in [0.25, 0.3) is 0 Å². The van der Waals surface area contributed by atoms with Gasteiger partial charge in [0.15, 0.2) is 0 Å². The molecular weight excluding hydrogens is 366 g/mol. The second kappa shape index (κ2) is 5.33. The van der Waals surface area contributed by atoms with Crippen molar-refractivity contribution in [2.75, 3.05) is 0 Å². The lowest BCUT2D eigenvalue weighted by atomic mass is 9.94. The van der Waals surface area contributed by atoms with Gasteiger partial charge in [0.2, 0.25) is 0 Å². The van der Waals surface area contributed by atoms with Crippen molar-refractivity contribution >= 4 is 0 Å². The first-order chi connectivity index (χ1) is 9.33. The van der Waals surface area contributed by atoms with Crippen LogP contribution in [-0.4, -0.2) is 30.1 Å². The fourth-order valence-electron chi connectivity index (χ4n) is 0.943. The van der Waals surface area contributed by atoms with E-state index in [9.17, 15) is 61.5 Å². The van der Waals surface area contributed by atoms with Crippen LogP contribution in [0.4, 0.5) is 61.5 Å². The van der Waals surface area contributed by atoms with Crippen LogP contribution in [0, 0.1) is 0 Å². The Kier molecular flexibility index (Phi) is 4.98. The Balaban J connectivity index is 6.34. The van der Waals surface area contributed by atoms with E-state index in [0.29, 0.717) is 0 Å². The zero-order valence-electron chi connectivity index (χ0n) is 9.20. The Morgan fingerprint density at radius 1 is 0.591 bits per heavy atom. The van der Waals surface area contributed by atoms with Gasteiger partial charge in [-0.15, -0.1) is 0 Å². The molecular formula is C7F14O. The summed E-state index contributed by atoms with van der Waals surface area (Å²) in [4.78, 5) is 0. The summed E-state index contributed by atoms with van der Waals surface area (Å²) in [5.74, 6) is -7.87. The Bertz CT molecular complexity index is 439. The normalized spacial score (nSPS) is 17.0. The predicted octanol–water partition coefficient (Wildman–Crippen LogP) is 5.10. The molecule has 0 saturated heterocycles.